The van der Waals surface area contributed by atoms with Crippen LogP contribution in [0.1, 0.15) is 35.8 Å². The van der Waals surface area contributed by atoms with Gasteiger partial charge in [-0.3, -0.25) is 9.67 Å². The van der Waals surface area contributed by atoms with E-state index in [1.54, 1.807) is 0 Å². The molecule has 2 amide bonds. The van der Waals surface area contributed by atoms with E-state index in [-0.39, 0.29) is 6.03 Å². The largest absolute Gasteiger partial charge is 0.332 e. The molecule has 1 aromatic carbocycles. The number of nitrogens with one attached hydrogen (secondary N) is 2. The van der Waals surface area contributed by atoms with Gasteiger partial charge in [0.05, 0.1) is 29.1 Å². The van der Waals surface area contributed by atoms with Crippen LogP contribution in [0, 0.1) is 6.92 Å². The molecule has 25 heavy (non-hydrogen) atoms. The molecule has 2 aromatic heterocycles. The molecule has 3 aromatic rings. The van der Waals surface area contributed by atoms with Crippen LogP contribution in [0.25, 0.3) is 10.9 Å². The lowest BCUT2D eigenvalue weighted by molar-refractivity contribution is 0.251. The van der Waals surface area contributed by atoms with Gasteiger partial charge in [-0.05, 0) is 38.0 Å². The van der Waals surface area contributed by atoms with Crippen LogP contribution in [0.3, 0.4) is 0 Å². The van der Waals surface area contributed by atoms with Crippen molar-refractivity contribution in [1.82, 2.24) is 20.1 Å². The van der Waals surface area contributed by atoms with Gasteiger partial charge in [0.25, 0.3) is 0 Å². The molecule has 1 fully saturated rings. The lowest BCUT2D eigenvalue weighted by Gasteiger charge is -2.11. The summed E-state index contributed by atoms with van der Waals surface area (Å²) < 4.78 is 1.85. The Labute approximate surface area is 146 Å². The fourth-order valence-corrected chi connectivity index (χ4v) is 3.02. The molecule has 1 aliphatic rings. The van der Waals surface area contributed by atoms with Crippen molar-refractivity contribution < 1.29 is 4.79 Å². The van der Waals surface area contributed by atoms with Crippen LogP contribution in [0.5, 0.6) is 0 Å². The van der Waals surface area contributed by atoms with E-state index in [4.69, 9.17) is 0 Å². The molecule has 0 atom stereocenters. The van der Waals surface area contributed by atoms with Gasteiger partial charge >= 0.3 is 6.03 Å². The first-order valence-electron chi connectivity index (χ1n) is 8.54. The molecule has 0 bridgehead atoms. The molecular formula is C19H21N5O. The number of anilines is 1. The fraction of sp³-hybridized carbons (Fsp3) is 0.316. The Hall–Kier alpha value is -2.89. The van der Waals surface area contributed by atoms with Gasteiger partial charge in [-0.25, -0.2) is 4.79 Å². The molecule has 0 aliphatic heterocycles. The van der Waals surface area contributed by atoms with Crippen LogP contribution in [0.2, 0.25) is 0 Å². The molecule has 128 valence electrons. The predicted molar refractivity (Wildman–Crippen MR) is 97.5 cm³/mol. The van der Waals surface area contributed by atoms with E-state index < -0.39 is 0 Å². The molecule has 2 N–H and O–H groups in total. The second-order valence-corrected chi connectivity index (χ2v) is 6.59. The first-order valence-corrected chi connectivity index (χ1v) is 8.54. The summed E-state index contributed by atoms with van der Waals surface area (Å²) in [6, 6.07) is 11.5. The Balaban J connectivity index is 1.46. The Bertz CT molecular complexity index is 942. The summed E-state index contributed by atoms with van der Waals surface area (Å²) in [5, 5.41) is 11.3. The van der Waals surface area contributed by atoms with Gasteiger partial charge in [0.2, 0.25) is 0 Å². The van der Waals surface area contributed by atoms with Gasteiger partial charge in [0.15, 0.2) is 0 Å². The molecule has 1 saturated carbocycles. The van der Waals surface area contributed by atoms with Crippen LogP contribution in [-0.4, -0.2) is 20.8 Å². The molecule has 0 saturated heterocycles. The maximum absolute atomic E-state index is 12.3. The van der Waals surface area contributed by atoms with E-state index in [0.717, 1.165) is 33.7 Å². The van der Waals surface area contributed by atoms with Crippen molar-refractivity contribution in [3.05, 3.63) is 53.5 Å². The molecule has 0 unspecified atom stereocenters. The first kappa shape index (κ1) is 15.6. The normalized spacial score (nSPS) is 13.8. The monoisotopic (exact) mass is 335 g/mol. The minimum atomic E-state index is -0.232. The van der Waals surface area contributed by atoms with E-state index in [1.165, 1.54) is 12.8 Å². The highest BCUT2D eigenvalue weighted by atomic mass is 16.2. The van der Waals surface area contributed by atoms with Gasteiger partial charge < -0.3 is 10.6 Å². The third kappa shape index (κ3) is 3.33. The van der Waals surface area contributed by atoms with Gasteiger partial charge in [0.1, 0.15) is 0 Å². The molecule has 1 aliphatic carbocycles. The first-order chi connectivity index (χ1) is 12.1. The summed E-state index contributed by atoms with van der Waals surface area (Å²) in [6.45, 7) is 2.37. The van der Waals surface area contributed by atoms with Crippen LogP contribution >= 0.6 is 0 Å². The minimum Gasteiger partial charge on any atom is -0.332 e. The summed E-state index contributed by atoms with van der Waals surface area (Å²) >= 11 is 0. The Morgan fingerprint density at radius 1 is 1.28 bits per heavy atom. The minimum absolute atomic E-state index is 0.232. The fourth-order valence-electron chi connectivity index (χ4n) is 3.02. The predicted octanol–water partition coefficient (Wildman–Crippen LogP) is 3.48. The summed E-state index contributed by atoms with van der Waals surface area (Å²) in [4.78, 5) is 16.8. The number of rotatable bonds is 4. The molecule has 0 radical (unpaired) electrons. The Morgan fingerprint density at radius 2 is 2.08 bits per heavy atom. The summed E-state index contributed by atoms with van der Waals surface area (Å²) in [5.74, 6) is 0.611. The van der Waals surface area contributed by atoms with Crippen molar-refractivity contribution >= 4 is 22.6 Å². The number of aryl methyl sites for hydroxylation is 2. The van der Waals surface area contributed by atoms with Crippen LogP contribution in [-0.2, 0) is 13.6 Å². The molecule has 0 spiro atoms. The number of nitrogens with zero attached hydrogens (tertiary/aromatic N) is 3. The number of para-hydroxylation sites is 1. The number of urea groups is 1. The van der Waals surface area contributed by atoms with Gasteiger partial charge in [0, 0.05) is 24.0 Å². The number of aromatic nitrogens is 3. The molecule has 2 heterocycles. The zero-order valence-corrected chi connectivity index (χ0v) is 14.4. The maximum Gasteiger partial charge on any atom is 0.319 e. The number of carbonyl (C=O) groups is 1. The van der Waals surface area contributed by atoms with Crippen LogP contribution < -0.4 is 10.6 Å². The van der Waals surface area contributed by atoms with Gasteiger partial charge in [-0.15, -0.1) is 0 Å². The summed E-state index contributed by atoms with van der Waals surface area (Å²) in [5.41, 5.74) is 4.65. The zero-order valence-electron chi connectivity index (χ0n) is 14.4. The SMILES string of the molecule is Cc1cc(NC(=O)NCc2cc(C3CC3)nn2C)c2ccccc2n1. The van der Waals surface area contributed by atoms with Crippen molar-refractivity contribution in [3.8, 4) is 0 Å². The second-order valence-electron chi connectivity index (χ2n) is 6.59. The summed E-state index contributed by atoms with van der Waals surface area (Å²) in [7, 11) is 1.92. The van der Waals surface area contributed by atoms with Gasteiger partial charge in [-0.2, -0.15) is 5.10 Å². The number of hydrogen-bond donors (Lipinski definition) is 2. The molecule has 6 heteroatoms. The topological polar surface area (TPSA) is 71.8 Å². The highest BCUT2D eigenvalue weighted by molar-refractivity contribution is 6.00. The smallest absolute Gasteiger partial charge is 0.319 e. The average molecular weight is 335 g/mol. The van der Waals surface area contributed by atoms with Crippen molar-refractivity contribution in [2.24, 2.45) is 7.05 Å². The van der Waals surface area contributed by atoms with E-state index in [2.05, 4.69) is 26.8 Å². The highest BCUT2D eigenvalue weighted by Crippen LogP contribution is 2.39. The number of benzene rings is 1. The van der Waals surface area contributed by atoms with Crippen molar-refractivity contribution in [2.45, 2.75) is 32.2 Å². The second kappa shape index (κ2) is 6.20. The molecule has 4 rings (SSSR count). The van der Waals surface area contributed by atoms with Crippen LogP contribution in [0.15, 0.2) is 36.4 Å². The van der Waals surface area contributed by atoms with Crippen molar-refractivity contribution in [2.75, 3.05) is 5.32 Å². The van der Waals surface area contributed by atoms with E-state index >= 15 is 0 Å². The third-order valence-corrected chi connectivity index (χ3v) is 4.51. The summed E-state index contributed by atoms with van der Waals surface area (Å²) in [6.07, 6.45) is 2.44. The number of hydrogen-bond acceptors (Lipinski definition) is 3. The number of amides is 2. The highest BCUT2D eigenvalue weighted by Gasteiger charge is 2.26. The zero-order chi connectivity index (χ0) is 17.4. The maximum atomic E-state index is 12.3. The number of carbonyl (C=O) groups excluding carboxylic acids is 1. The number of pyridine rings is 1. The number of fused-ring (bicyclic) bond motifs is 1. The lowest BCUT2D eigenvalue weighted by atomic mass is 10.1. The van der Waals surface area contributed by atoms with Crippen molar-refractivity contribution in [3.63, 3.8) is 0 Å². The van der Waals surface area contributed by atoms with Crippen LogP contribution in [0.4, 0.5) is 10.5 Å². The van der Waals surface area contributed by atoms with E-state index in [1.807, 2.05) is 49.0 Å². The Kier molecular flexibility index (Phi) is 3.87. The average Bonchev–Trinajstić information content (AvgIpc) is 3.36. The Morgan fingerprint density at radius 3 is 2.88 bits per heavy atom. The van der Waals surface area contributed by atoms with Crippen molar-refractivity contribution in [1.29, 1.82) is 0 Å². The quantitative estimate of drug-likeness (QED) is 0.767. The van der Waals surface area contributed by atoms with E-state index in [9.17, 15) is 4.79 Å². The standard InChI is InChI=1S/C19H21N5O/c1-12-9-18(15-5-3-4-6-16(15)21-12)22-19(25)20-11-14-10-17(13-7-8-13)23-24(14)2/h3-6,9-10,13H,7-8,11H2,1-2H3,(H2,20,21,22,25). The third-order valence-electron chi connectivity index (χ3n) is 4.51. The van der Waals surface area contributed by atoms with Gasteiger partial charge in [-0.1, -0.05) is 18.2 Å². The molecule has 6 nitrogen and oxygen atoms in total. The lowest BCUT2D eigenvalue weighted by Crippen LogP contribution is -2.29. The van der Waals surface area contributed by atoms with E-state index in [0.29, 0.717) is 12.5 Å². The molecular weight excluding hydrogens is 314 g/mol.